The summed E-state index contributed by atoms with van der Waals surface area (Å²) < 4.78 is 0. The molecule has 0 aliphatic heterocycles. The second-order valence-corrected chi connectivity index (χ2v) is 4.66. The molecule has 1 heterocycles. The number of hydrogen-bond donors (Lipinski definition) is 4. The number of carboxylic acid groups (broad SMARTS) is 2. The van der Waals surface area contributed by atoms with Gasteiger partial charge < -0.3 is 20.8 Å². The van der Waals surface area contributed by atoms with Crippen molar-refractivity contribution in [3.05, 3.63) is 22.4 Å². The number of amides is 2. The molecule has 0 saturated heterocycles. The Hall–Kier alpha value is -2.42. The Kier molecular flexibility index (Phi) is 5.66. The van der Waals surface area contributed by atoms with Crippen LogP contribution in [0.3, 0.4) is 0 Å². The molecular formula is C11H12N2O6S. The van der Waals surface area contributed by atoms with Crippen LogP contribution in [0.15, 0.2) is 17.5 Å². The minimum absolute atomic E-state index is 0.415. The Labute approximate surface area is 117 Å². The summed E-state index contributed by atoms with van der Waals surface area (Å²) in [7, 11) is 0. The van der Waals surface area contributed by atoms with Crippen molar-refractivity contribution in [3.8, 4) is 0 Å². The fourth-order valence-corrected chi connectivity index (χ4v) is 1.92. The summed E-state index contributed by atoms with van der Waals surface area (Å²) in [6.45, 7) is -0.430. The fourth-order valence-electron chi connectivity index (χ4n) is 1.28. The van der Waals surface area contributed by atoms with Crippen molar-refractivity contribution in [2.75, 3.05) is 6.54 Å². The molecule has 1 unspecified atom stereocenters. The van der Waals surface area contributed by atoms with Crippen LogP contribution < -0.4 is 10.6 Å². The lowest BCUT2D eigenvalue weighted by molar-refractivity contribution is -0.147. The van der Waals surface area contributed by atoms with Gasteiger partial charge in [0, 0.05) is 0 Å². The predicted octanol–water partition coefficient (Wildman–Crippen LogP) is -0.478. The molecule has 1 atom stereocenters. The van der Waals surface area contributed by atoms with E-state index < -0.39 is 42.8 Å². The number of carbonyl (C=O) groups is 4. The molecule has 0 radical (unpaired) electrons. The van der Waals surface area contributed by atoms with Crippen molar-refractivity contribution in [3.63, 3.8) is 0 Å². The highest BCUT2D eigenvalue weighted by atomic mass is 32.1. The largest absolute Gasteiger partial charge is 0.481 e. The van der Waals surface area contributed by atoms with Crippen LogP contribution in [0.1, 0.15) is 16.1 Å². The van der Waals surface area contributed by atoms with Crippen LogP contribution in [0.4, 0.5) is 0 Å². The number of carboxylic acids is 2. The first kappa shape index (κ1) is 15.6. The Morgan fingerprint density at radius 3 is 2.45 bits per heavy atom. The Bertz CT molecular complexity index is 513. The van der Waals surface area contributed by atoms with E-state index in [1.54, 1.807) is 17.5 Å². The lowest BCUT2D eigenvalue weighted by Gasteiger charge is -2.12. The maximum atomic E-state index is 11.5. The number of nitrogens with one attached hydrogen (secondary N) is 2. The molecule has 0 spiro atoms. The van der Waals surface area contributed by atoms with E-state index in [1.165, 1.54) is 11.3 Å². The maximum Gasteiger partial charge on any atom is 0.326 e. The third-order valence-corrected chi connectivity index (χ3v) is 3.04. The minimum atomic E-state index is -1.53. The van der Waals surface area contributed by atoms with Crippen molar-refractivity contribution in [1.29, 1.82) is 0 Å². The molecule has 9 heteroatoms. The fraction of sp³-hybridized carbons (Fsp3) is 0.273. The van der Waals surface area contributed by atoms with Gasteiger partial charge in [0.25, 0.3) is 5.91 Å². The molecule has 0 aliphatic carbocycles. The number of thiophene rings is 1. The highest BCUT2D eigenvalue weighted by Gasteiger charge is 2.23. The second-order valence-electron chi connectivity index (χ2n) is 3.72. The van der Waals surface area contributed by atoms with Gasteiger partial charge in [-0.05, 0) is 11.4 Å². The molecule has 0 aliphatic rings. The Balaban J connectivity index is 2.44. The lowest BCUT2D eigenvalue weighted by atomic mass is 10.2. The average molecular weight is 300 g/mol. The van der Waals surface area contributed by atoms with E-state index >= 15 is 0 Å². The van der Waals surface area contributed by atoms with E-state index in [2.05, 4.69) is 5.32 Å². The predicted molar refractivity (Wildman–Crippen MR) is 68.5 cm³/mol. The molecule has 0 saturated carbocycles. The van der Waals surface area contributed by atoms with Crippen molar-refractivity contribution in [2.24, 2.45) is 0 Å². The highest BCUT2D eigenvalue weighted by molar-refractivity contribution is 7.12. The summed E-state index contributed by atoms with van der Waals surface area (Å²) in [4.78, 5) is 44.5. The summed E-state index contributed by atoms with van der Waals surface area (Å²) in [5.41, 5.74) is 0. The van der Waals surface area contributed by atoms with Crippen LogP contribution in [0.25, 0.3) is 0 Å². The van der Waals surface area contributed by atoms with Crippen LogP contribution in [0.5, 0.6) is 0 Å². The molecule has 0 aromatic carbocycles. The quantitative estimate of drug-likeness (QED) is 0.537. The number of aliphatic carboxylic acids is 2. The van der Waals surface area contributed by atoms with E-state index in [-0.39, 0.29) is 0 Å². The highest BCUT2D eigenvalue weighted by Crippen LogP contribution is 2.07. The van der Waals surface area contributed by atoms with E-state index in [0.717, 1.165) is 0 Å². The molecule has 0 bridgehead atoms. The molecule has 1 rings (SSSR count). The van der Waals surface area contributed by atoms with Crippen LogP contribution >= 0.6 is 11.3 Å². The summed E-state index contributed by atoms with van der Waals surface area (Å²) in [5, 5.41) is 23.3. The summed E-state index contributed by atoms with van der Waals surface area (Å²) in [6, 6.07) is 1.72. The van der Waals surface area contributed by atoms with Gasteiger partial charge in [-0.25, -0.2) is 4.79 Å². The normalized spacial score (nSPS) is 11.4. The molecule has 4 N–H and O–H groups in total. The van der Waals surface area contributed by atoms with E-state index in [0.29, 0.717) is 4.88 Å². The zero-order valence-corrected chi connectivity index (χ0v) is 11.0. The molecule has 108 valence electrons. The summed E-state index contributed by atoms with van der Waals surface area (Å²) in [6.07, 6.45) is -0.736. The van der Waals surface area contributed by atoms with Crippen molar-refractivity contribution in [1.82, 2.24) is 10.6 Å². The number of hydrogen-bond acceptors (Lipinski definition) is 5. The van der Waals surface area contributed by atoms with Gasteiger partial charge in [0.15, 0.2) is 0 Å². The van der Waals surface area contributed by atoms with Crippen molar-refractivity contribution in [2.45, 2.75) is 12.5 Å². The van der Waals surface area contributed by atoms with Crippen LogP contribution in [-0.4, -0.2) is 46.6 Å². The topological polar surface area (TPSA) is 133 Å². The average Bonchev–Trinajstić information content (AvgIpc) is 2.88. The van der Waals surface area contributed by atoms with Gasteiger partial charge in [-0.15, -0.1) is 11.3 Å². The Morgan fingerprint density at radius 1 is 1.25 bits per heavy atom. The monoisotopic (exact) mass is 300 g/mol. The molecule has 1 aromatic heterocycles. The van der Waals surface area contributed by atoms with Gasteiger partial charge in [-0.2, -0.15) is 0 Å². The van der Waals surface area contributed by atoms with Crippen LogP contribution in [0, 0.1) is 0 Å². The molecule has 8 nitrogen and oxygen atoms in total. The first-order valence-electron chi connectivity index (χ1n) is 5.46. The van der Waals surface area contributed by atoms with Gasteiger partial charge in [-0.1, -0.05) is 6.07 Å². The maximum absolute atomic E-state index is 11.5. The van der Waals surface area contributed by atoms with Crippen LogP contribution in [-0.2, 0) is 14.4 Å². The molecule has 1 aromatic rings. The van der Waals surface area contributed by atoms with Gasteiger partial charge in [0.05, 0.1) is 17.8 Å². The van der Waals surface area contributed by atoms with E-state index in [9.17, 15) is 19.2 Å². The van der Waals surface area contributed by atoms with Crippen molar-refractivity contribution < 1.29 is 29.4 Å². The zero-order chi connectivity index (χ0) is 15.1. The van der Waals surface area contributed by atoms with Crippen molar-refractivity contribution >= 4 is 35.1 Å². The molecular weight excluding hydrogens is 288 g/mol. The molecule has 2 amide bonds. The first-order chi connectivity index (χ1) is 9.40. The summed E-state index contributed by atoms with van der Waals surface area (Å²) >= 11 is 1.19. The zero-order valence-electron chi connectivity index (χ0n) is 10.2. The number of carbonyl (C=O) groups excluding carboxylic acids is 2. The van der Waals surface area contributed by atoms with E-state index in [1.807, 2.05) is 5.32 Å². The number of rotatable bonds is 7. The van der Waals surface area contributed by atoms with Gasteiger partial charge in [0.1, 0.15) is 6.04 Å². The third-order valence-electron chi connectivity index (χ3n) is 2.17. The SMILES string of the molecule is O=C(O)CC(NC(=O)CNC(=O)c1cccs1)C(=O)O. The second kappa shape index (κ2) is 7.24. The standard InChI is InChI=1S/C11H12N2O6S/c14-8(13-6(11(18)19)4-9(15)16)5-12-10(17)7-2-1-3-20-7/h1-3,6H,4-5H2,(H,12,17)(H,13,14)(H,15,16)(H,18,19). The molecule has 0 fully saturated rings. The summed E-state index contributed by atoms with van der Waals surface area (Å²) in [5.74, 6) is -4.03. The smallest absolute Gasteiger partial charge is 0.326 e. The van der Waals surface area contributed by atoms with E-state index in [4.69, 9.17) is 10.2 Å². The van der Waals surface area contributed by atoms with Crippen LogP contribution in [0.2, 0.25) is 0 Å². The van der Waals surface area contributed by atoms with Gasteiger partial charge in [-0.3, -0.25) is 14.4 Å². The third kappa shape index (κ3) is 5.06. The Morgan fingerprint density at radius 2 is 1.95 bits per heavy atom. The lowest BCUT2D eigenvalue weighted by Crippen LogP contribution is -2.46. The first-order valence-corrected chi connectivity index (χ1v) is 6.33. The van der Waals surface area contributed by atoms with Gasteiger partial charge >= 0.3 is 11.9 Å². The molecule has 20 heavy (non-hydrogen) atoms. The van der Waals surface area contributed by atoms with Gasteiger partial charge in [0.2, 0.25) is 5.91 Å². The minimum Gasteiger partial charge on any atom is -0.481 e.